The summed E-state index contributed by atoms with van der Waals surface area (Å²) in [6.45, 7) is 9.02. The standard InChI is InChI=1S/C42H34/c1-25-17-37(33-21-31-15-13-29-9-5-7-11-35(29)39(31)23-33)41(19-27(25)3)42-20-28(4)26(2)18-38(42)34-22-32-16-14-30-10-6-8-12-36(30)40(32)24-34/h5-22H,23-24H2,1-4H3. The molecule has 0 heteroatoms. The fraction of sp³-hybridized carbons (Fsp3) is 0.143. The Labute approximate surface area is 248 Å². The van der Waals surface area contributed by atoms with E-state index in [9.17, 15) is 0 Å². The maximum Gasteiger partial charge on any atom is -0.000728 e. The Morgan fingerprint density at radius 2 is 0.786 bits per heavy atom. The van der Waals surface area contributed by atoms with Gasteiger partial charge in [0.05, 0.1) is 0 Å². The van der Waals surface area contributed by atoms with Gasteiger partial charge in [-0.25, -0.2) is 0 Å². The minimum absolute atomic E-state index is 0.965. The van der Waals surface area contributed by atoms with Crippen molar-refractivity contribution in [1.82, 2.24) is 0 Å². The molecule has 0 heterocycles. The van der Waals surface area contributed by atoms with Gasteiger partial charge in [0.2, 0.25) is 0 Å². The molecule has 2 aliphatic rings. The van der Waals surface area contributed by atoms with Crippen molar-refractivity contribution in [3.05, 3.63) is 153 Å². The van der Waals surface area contributed by atoms with E-state index < -0.39 is 0 Å². The number of rotatable bonds is 3. The lowest BCUT2D eigenvalue weighted by Crippen LogP contribution is -1.99. The zero-order valence-electron chi connectivity index (χ0n) is 24.8. The number of hydrogen-bond acceptors (Lipinski definition) is 0. The summed E-state index contributed by atoms with van der Waals surface area (Å²) < 4.78 is 0. The zero-order valence-corrected chi connectivity index (χ0v) is 24.8. The summed E-state index contributed by atoms with van der Waals surface area (Å²) in [7, 11) is 0. The first-order valence-corrected chi connectivity index (χ1v) is 15.1. The highest BCUT2D eigenvalue weighted by atomic mass is 14.3. The van der Waals surface area contributed by atoms with Crippen LogP contribution in [0.25, 0.3) is 56.0 Å². The summed E-state index contributed by atoms with van der Waals surface area (Å²) >= 11 is 0. The van der Waals surface area contributed by atoms with Gasteiger partial charge in [0, 0.05) is 0 Å². The Morgan fingerprint density at radius 1 is 0.405 bits per heavy atom. The predicted molar refractivity (Wildman–Crippen MR) is 182 cm³/mol. The lowest BCUT2D eigenvalue weighted by Gasteiger charge is -2.20. The monoisotopic (exact) mass is 538 g/mol. The largest absolute Gasteiger partial charge is 0.0616 e. The molecule has 0 N–H and O–H groups in total. The average Bonchev–Trinajstić information content (AvgIpc) is 3.65. The lowest BCUT2D eigenvalue weighted by atomic mass is 9.84. The molecule has 0 saturated carbocycles. The van der Waals surface area contributed by atoms with Crippen LogP contribution in [-0.2, 0) is 12.8 Å². The van der Waals surface area contributed by atoms with Gasteiger partial charge in [0.25, 0.3) is 0 Å². The summed E-state index contributed by atoms with van der Waals surface area (Å²) in [5.74, 6) is 0. The van der Waals surface area contributed by atoms with Crippen LogP contribution < -0.4 is 0 Å². The molecule has 42 heavy (non-hydrogen) atoms. The van der Waals surface area contributed by atoms with Crippen molar-refractivity contribution in [2.45, 2.75) is 40.5 Å². The smallest absolute Gasteiger partial charge is 0.000728 e. The molecule has 0 fully saturated rings. The fourth-order valence-electron chi connectivity index (χ4n) is 7.18. The lowest BCUT2D eigenvalue weighted by molar-refractivity contribution is 1.28. The van der Waals surface area contributed by atoms with E-state index in [4.69, 9.17) is 0 Å². The number of benzene rings is 6. The molecule has 8 rings (SSSR count). The highest BCUT2D eigenvalue weighted by Gasteiger charge is 2.24. The van der Waals surface area contributed by atoms with Crippen LogP contribution in [0, 0.1) is 27.7 Å². The highest BCUT2D eigenvalue weighted by molar-refractivity contribution is 6.04. The molecule has 6 aromatic carbocycles. The van der Waals surface area contributed by atoms with Gasteiger partial charge in [0.1, 0.15) is 0 Å². The maximum absolute atomic E-state index is 2.44. The molecule has 202 valence electrons. The van der Waals surface area contributed by atoms with Gasteiger partial charge < -0.3 is 0 Å². The van der Waals surface area contributed by atoms with Crippen molar-refractivity contribution in [3.63, 3.8) is 0 Å². The van der Waals surface area contributed by atoms with Crippen LogP contribution in [0.15, 0.2) is 97.1 Å². The number of hydrogen-bond donors (Lipinski definition) is 0. The number of fused-ring (bicyclic) bond motifs is 6. The second-order valence-electron chi connectivity index (χ2n) is 12.4. The molecule has 0 bridgehead atoms. The molecule has 0 aromatic heterocycles. The third-order valence-electron chi connectivity index (χ3n) is 9.80. The molecule has 0 atom stereocenters. The van der Waals surface area contributed by atoms with E-state index in [-0.39, 0.29) is 0 Å². The Bertz CT molecular complexity index is 2010. The van der Waals surface area contributed by atoms with Crippen LogP contribution in [0.4, 0.5) is 0 Å². The van der Waals surface area contributed by atoms with Crippen LogP contribution in [0.2, 0.25) is 0 Å². The average molecular weight is 539 g/mol. The molecule has 0 unspecified atom stereocenters. The van der Waals surface area contributed by atoms with Crippen molar-refractivity contribution < 1.29 is 0 Å². The molecular formula is C42H34. The Morgan fingerprint density at radius 3 is 1.21 bits per heavy atom. The Kier molecular flexibility index (Phi) is 5.63. The quantitative estimate of drug-likeness (QED) is 0.210. The molecular weight excluding hydrogens is 504 g/mol. The van der Waals surface area contributed by atoms with E-state index >= 15 is 0 Å². The normalized spacial score (nSPS) is 13.8. The van der Waals surface area contributed by atoms with E-state index in [2.05, 4.69) is 137 Å². The summed E-state index contributed by atoms with van der Waals surface area (Å²) in [4.78, 5) is 0. The fourth-order valence-corrected chi connectivity index (χ4v) is 7.18. The van der Waals surface area contributed by atoms with Crippen LogP contribution in [0.1, 0.15) is 55.6 Å². The first-order chi connectivity index (χ1) is 20.4. The van der Waals surface area contributed by atoms with Crippen molar-refractivity contribution in [3.8, 4) is 11.1 Å². The van der Waals surface area contributed by atoms with E-state index in [0.29, 0.717) is 0 Å². The summed E-state index contributed by atoms with van der Waals surface area (Å²) in [6, 6.07) is 36.5. The van der Waals surface area contributed by atoms with Gasteiger partial charge in [-0.15, -0.1) is 0 Å². The highest BCUT2D eigenvalue weighted by Crippen LogP contribution is 2.45. The minimum atomic E-state index is 0.965. The van der Waals surface area contributed by atoms with Crippen molar-refractivity contribution in [2.24, 2.45) is 0 Å². The van der Waals surface area contributed by atoms with Gasteiger partial charge in [-0.2, -0.15) is 0 Å². The molecule has 0 aliphatic heterocycles. The molecule has 0 radical (unpaired) electrons. The molecule has 0 saturated heterocycles. The first kappa shape index (κ1) is 25.1. The number of aryl methyl sites for hydroxylation is 4. The number of allylic oxidation sites excluding steroid dienone is 2. The van der Waals surface area contributed by atoms with Crippen LogP contribution in [0.3, 0.4) is 0 Å². The van der Waals surface area contributed by atoms with Crippen molar-refractivity contribution in [2.75, 3.05) is 0 Å². The molecule has 0 amide bonds. The summed E-state index contributed by atoms with van der Waals surface area (Å²) in [5.41, 5.74) is 19.3. The molecule has 0 nitrogen and oxygen atoms in total. The first-order valence-electron chi connectivity index (χ1n) is 15.1. The molecule has 2 aliphatic carbocycles. The van der Waals surface area contributed by atoms with Gasteiger partial charge in [-0.05, 0) is 140 Å². The minimum Gasteiger partial charge on any atom is -0.0616 e. The van der Waals surface area contributed by atoms with Crippen LogP contribution in [0.5, 0.6) is 0 Å². The van der Waals surface area contributed by atoms with Gasteiger partial charge in [0.15, 0.2) is 0 Å². The second kappa shape index (κ2) is 9.43. The summed E-state index contributed by atoms with van der Waals surface area (Å²) in [6.07, 6.45) is 6.80. The van der Waals surface area contributed by atoms with Crippen LogP contribution >= 0.6 is 0 Å². The van der Waals surface area contributed by atoms with E-state index in [1.807, 2.05) is 0 Å². The van der Waals surface area contributed by atoms with Gasteiger partial charge in [-0.3, -0.25) is 0 Å². The topological polar surface area (TPSA) is 0 Å². The molecule has 6 aromatic rings. The second-order valence-corrected chi connectivity index (χ2v) is 12.4. The van der Waals surface area contributed by atoms with Crippen molar-refractivity contribution in [1.29, 1.82) is 0 Å². The van der Waals surface area contributed by atoms with E-state index in [1.165, 1.54) is 99.5 Å². The molecule has 0 spiro atoms. The van der Waals surface area contributed by atoms with E-state index in [0.717, 1.165) is 12.8 Å². The van der Waals surface area contributed by atoms with Gasteiger partial charge >= 0.3 is 0 Å². The third kappa shape index (κ3) is 3.90. The Hall–Kier alpha value is -4.68. The summed E-state index contributed by atoms with van der Waals surface area (Å²) in [5, 5.41) is 5.39. The SMILES string of the molecule is Cc1cc(C2=Cc3ccc4ccccc4c3C2)c(-c2cc(C)c(C)cc2C2=Cc3ccc4ccccc4c3C2)cc1C. The Balaban J connectivity index is 1.29. The third-order valence-corrected chi connectivity index (χ3v) is 9.80. The van der Waals surface area contributed by atoms with E-state index in [1.54, 1.807) is 0 Å². The van der Waals surface area contributed by atoms with Gasteiger partial charge in [-0.1, -0.05) is 109 Å². The zero-order chi connectivity index (χ0) is 28.5. The maximum atomic E-state index is 2.44. The van der Waals surface area contributed by atoms with Crippen molar-refractivity contribution >= 4 is 44.8 Å². The van der Waals surface area contributed by atoms with Crippen LogP contribution in [-0.4, -0.2) is 0 Å². The predicted octanol–water partition coefficient (Wildman–Crippen LogP) is 11.1.